The Morgan fingerprint density at radius 1 is 0.800 bits per heavy atom. The van der Waals surface area contributed by atoms with E-state index in [1.54, 1.807) is 24.3 Å². The molecule has 0 aliphatic rings. The number of amides is 1. The second-order valence-corrected chi connectivity index (χ2v) is 6.64. The normalized spacial score (nSPS) is 11.5. The van der Waals surface area contributed by atoms with Gasteiger partial charge in [0.15, 0.2) is 6.04 Å². The van der Waals surface area contributed by atoms with Crippen molar-refractivity contribution in [3.05, 3.63) is 102 Å². The van der Waals surface area contributed by atoms with Crippen molar-refractivity contribution < 1.29 is 24.2 Å². The van der Waals surface area contributed by atoms with Gasteiger partial charge in [0.25, 0.3) is 5.91 Å². The van der Waals surface area contributed by atoms with E-state index < -0.39 is 17.9 Å². The predicted molar refractivity (Wildman–Crippen MR) is 112 cm³/mol. The Morgan fingerprint density at radius 2 is 1.37 bits per heavy atom. The van der Waals surface area contributed by atoms with Gasteiger partial charge < -0.3 is 19.9 Å². The van der Waals surface area contributed by atoms with Crippen LogP contribution >= 0.6 is 0 Å². The van der Waals surface area contributed by atoms with E-state index in [0.717, 1.165) is 11.1 Å². The minimum Gasteiger partial charge on any atom is -0.488 e. The summed E-state index contributed by atoms with van der Waals surface area (Å²) in [6.07, 6.45) is 0. The number of nitrogens with one attached hydrogen (secondary N) is 1. The van der Waals surface area contributed by atoms with Gasteiger partial charge in [-0.15, -0.1) is 0 Å². The number of carbonyl (C=O) groups is 2. The summed E-state index contributed by atoms with van der Waals surface area (Å²) < 4.78 is 11.3. The third-order valence-corrected chi connectivity index (χ3v) is 4.37. The van der Waals surface area contributed by atoms with Crippen molar-refractivity contribution in [3.8, 4) is 5.75 Å². The quantitative estimate of drug-likeness (QED) is 0.538. The molecule has 3 aromatic carbocycles. The molecule has 3 aromatic rings. The molecule has 6 nitrogen and oxygen atoms in total. The van der Waals surface area contributed by atoms with Gasteiger partial charge in [0.05, 0.1) is 18.8 Å². The van der Waals surface area contributed by atoms with Gasteiger partial charge in [-0.05, 0) is 23.3 Å². The van der Waals surface area contributed by atoms with Gasteiger partial charge in [-0.25, -0.2) is 4.79 Å². The highest BCUT2D eigenvalue weighted by atomic mass is 16.5. The first-order valence-corrected chi connectivity index (χ1v) is 9.54. The molecule has 1 atom stereocenters. The lowest BCUT2D eigenvalue weighted by Gasteiger charge is -2.17. The third-order valence-electron chi connectivity index (χ3n) is 4.37. The third kappa shape index (κ3) is 6.18. The van der Waals surface area contributed by atoms with Crippen molar-refractivity contribution in [3.63, 3.8) is 0 Å². The summed E-state index contributed by atoms with van der Waals surface area (Å²) in [4.78, 5) is 24.3. The number of aliphatic carboxylic acids is 1. The molecule has 0 unspecified atom stereocenters. The zero-order valence-electron chi connectivity index (χ0n) is 16.4. The van der Waals surface area contributed by atoms with Gasteiger partial charge in [0, 0.05) is 0 Å². The molecule has 1 amide bonds. The highest BCUT2D eigenvalue weighted by Gasteiger charge is 2.22. The fourth-order valence-corrected chi connectivity index (χ4v) is 2.79. The molecule has 0 saturated heterocycles. The average molecular weight is 405 g/mol. The van der Waals surface area contributed by atoms with Crippen molar-refractivity contribution in [1.29, 1.82) is 0 Å². The van der Waals surface area contributed by atoms with E-state index in [1.165, 1.54) is 0 Å². The van der Waals surface area contributed by atoms with Crippen LogP contribution in [0.5, 0.6) is 5.75 Å². The van der Waals surface area contributed by atoms with E-state index in [0.29, 0.717) is 12.4 Å². The molecule has 2 N–H and O–H groups in total. The summed E-state index contributed by atoms with van der Waals surface area (Å²) in [5, 5.41) is 12.0. The molecule has 6 heteroatoms. The molecule has 0 bridgehead atoms. The maximum atomic E-state index is 12.7. The standard InChI is InChI=1S/C24H23NO5/c26-23(25-21(24(27)28)17-29-15-18-9-3-1-4-10-18)20-13-7-8-14-22(20)30-16-19-11-5-2-6-12-19/h1-14,21H,15-17H2,(H,25,26)(H,27,28)/t21-/m0/s1. The molecule has 0 aliphatic heterocycles. The number of ether oxygens (including phenoxy) is 2. The second-order valence-electron chi connectivity index (χ2n) is 6.64. The van der Waals surface area contributed by atoms with Crippen molar-refractivity contribution in [1.82, 2.24) is 5.32 Å². The van der Waals surface area contributed by atoms with Crippen molar-refractivity contribution in [2.24, 2.45) is 0 Å². The Morgan fingerprint density at radius 3 is 2.00 bits per heavy atom. The predicted octanol–water partition coefficient (Wildman–Crippen LogP) is 3.67. The smallest absolute Gasteiger partial charge is 0.328 e. The van der Waals surface area contributed by atoms with Crippen molar-refractivity contribution in [2.75, 3.05) is 6.61 Å². The van der Waals surface area contributed by atoms with Crippen LogP contribution in [0.2, 0.25) is 0 Å². The first-order chi connectivity index (χ1) is 14.6. The Bertz CT molecular complexity index is 960. The van der Waals surface area contributed by atoms with Crippen LogP contribution in [0.3, 0.4) is 0 Å². The van der Waals surface area contributed by atoms with Crippen LogP contribution in [-0.2, 0) is 22.7 Å². The molecule has 0 saturated carbocycles. The fourth-order valence-electron chi connectivity index (χ4n) is 2.79. The van der Waals surface area contributed by atoms with E-state index >= 15 is 0 Å². The minimum absolute atomic E-state index is 0.150. The van der Waals surface area contributed by atoms with E-state index in [-0.39, 0.29) is 18.8 Å². The maximum Gasteiger partial charge on any atom is 0.328 e. The summed E-state index contributed by atoms with van der Waals surface area (Å²) in [5.74, 6) is -1.32. The molecule has 0 radical (unpaired) electrons. The average Bonchev–Trinajstić information content (AvgIpc) is 2.78. The zero-order valence-corrected chi connectivity index (χ0v) is 16.4. The SMILES string of the molecule is O=C(N[C@@H](COCc1ccccc1)C(=O)O)c1ccccc1OCc1ccccc1. The van der Waals surface area contributed by atoms with E-state index in [4.69, 9.17) is 9.47 Å². The van der Waals surface area contributed by atoms with Crippen molar-refractivity contribution in [2.45, 2.75) is 19.3 Å². The van der Waals surface area contributed by atoms with E-state index in [2.05, 4.69) is 5.32 Å². The molecule has 154 valence electrons. The molecule has 0 aliphatic carbocycles. The molecule has 0 spiro atoms. The number of carboxylic acid groups (broad SMARTS) is 1. The summed E-state index contributed by atoms with van der Waals surface area (Å²) >= 11 is 0. The molecule has 30 heavy (non-hydrogen) atoms. The Kier molecular flexibility index (Phi) is 7.58. The van der Waals surface area contributed by atoms with Gasteiger partial charge in [-0.3, -0.25) is 4.79 Å². The lowest BCUT2D eigenvalue weighted by molar-refractivity contribution is -0.141. The number of benzene rings is 3. The summed E-state index contributed by atoms with van der Waals surface area (Å²) in [6, 6.07) is 24.5. The molecule has 0 heterocycles. The van der Waals surface area contributed by atoms with Gasteiger partial charge in [-0.2, -0.15) is 0 Å². The Balaban J connectivity index is 1.60. The molecule has 0 aromatic heterocycles. The number of hydrogen-bond donors (Lipinski definition) is 2. The van der Waals surface area contributed by atoms with Crippen LogP contribution in [0.15, 0.2) is 84.9 Å². The minimum atomic E-state index is -1.18. The largest absolute Gasteiger partial charge is 0.488 e. The van der Waals surface area contributed by atoms with Crippen LogP contribution < -0.4 is 10.1 Å². The van der Waals surface area contributed by atoms with Crippen LogP contribution in [0.1, 0.15) is 21.5 Å². The molecule has 0 fully saturated rings. The van der Waals surface area contributed by atoms with E-state index in [1.807, 2.05) is 60.7 Å². The molecule has 3 rings (SSSR count). The number of hydrogen-bond acceptors (Lipinski definition) is 4. The summed E-state index contributed by atoms with van der Waals surface area (Å²) in [5.41, 5.74) is 2.15. The molecular weight excluding hydrogens is 382 g/mol. The number of carboxylic acids is 1. The topological polar surface area (TPSA) is 84.9 Å². The zero-order chi connectivity index (χ0) is 21.2. The lowest BCUT2D eigenvalue weighted by Crippen LogP contribution is -2.44. The van der Waals surface area contributed by atoms with Crippen LogP contribution in [-0.4, -0.2) is 29.6 Å². The number of carbonyl (C=O) groups excluding carboxylic acids is 1. The first-order valence-electron chi connectivity index (χ1n) is 9.54. The fraction of sp³-hybridized carbons (Fsp3) is 0.167. The first kappa shape index (κ1) is 21.1. The second kappa shape index (κ2) is 10.8. The van der Waals surface area contributed by atoms with Gasteiger partial charge >= 0.3 is 5.97 Å². The van der Waals surface area contributed by atoms with Crippen LogP contribution in [0.25, 0.3) is 0 Å². The Hall–Kier alpha value is -3.64. The highest BCUT2D eigenvalue weighted by molar-refractivity contribution is 5.98. The van der Waals surface area contributed by atoms with Crippen molar-refractivity contribution >= 4 is 11.9 Å². The highest BCUT2D eigenvalue weighted by Crippen LogP contribution is 2.19. The van der Waals surface area contributed by atoms with Gasteiger partial charge in [0.1, 0.15) is 12.4 Å². The van der Waals surface area contributed by atoms with Gasteiger partial charge in [0.2, 0.25) is 0 Å². The lowest BCUT2D eigenvalue weighted by atomic mass is 10.1. The van der Waals surface area contributed by atoms with Gasteiger partial charge in [-0.1, -0.05) is 72.8 Å². The number of para-hydroxylation sites is 1. The monoisotopic (exact) mass is 405 g/mol. The number of rotatable bonds is 10. The summed E-state index contributed by atoms with van der Waals surface area (Å²) in [6.45, 7) is 0.411. The maximum absolute atomic E-state index is 12.7. The Labute approximate surface area is 175 Å². The van der Waals surface area contributed by atoms with E-state index in [9.17, 15) is 14.7 Å². The van der Waals surface area contributed by atoms with Crippen LogP contribution in [0.4, 0.5) is 0 Å². The molecular formula is C24H23NO5. The summed E-state index contributed by atoms with van der Waals surface area (Å²) in [7, 11) is 0. The van der Waals surface area contributed by atoms with Crippen LogP contribution in [0, 0.1) is 0 Å².